The van der Waals surface area contributed by atoms with Crippen molar-refractivity contribution < 1.29 is 4.42 Å². The van der Waals surface area contributed by atoms with Gasteiger partial charge in [-0.25, -0.2) is 0 Å². The summed E-state index contributed by atoms with van der Waals surface area (Å²) in [4.78, 5) is 0. The SMILES string of the molecule is CC(N)c1nnc(-c2csc(Br)c2)o1. The average molecular weight is 274 g/mol. The highest BCUT2D eigenvalue weighted by Crippen LogP contribution is 2.28. The minimum atomic E-state index is -0.224. The number of aromatic nitrogens is 2. The summed E-state index contributed by atoms with van der Waals surface area (Å²) in [6.45, 7) is 1.81. The van der Waals surface area contributed by atoms with E-state index in [-0.39, 0.29) is 6.04 Å². The van der Waals surface area contributed by atoms with Crippen LogP contribution in [0.25, 0.3) is 11.5 Å². The van der Waals surface area contributed by atoms with Gasteiger partial charge in [0.25, 0.3) is 0 Å². The second-order valence-corrected chi connectivity index (χ2v) is 5.16. The van der Waals surface area contributed by atoms with Crippen LogP contribution in [0, 0.1) is 0 Å². The highest BCUT2D eigenvalue weighted by molar-refractivity contribution is 9.11. The molecule has 74 valence electrons. The van der Waals surface area contributed by atoms with Gasteiger partial charge in [-0.3, -0.25) is 0 Å². The Morgan fingerprint density at radius 1 is 1.57 bits per heavy atom. The molecule has 2 heterocycles. The summed E-state index contributed by atoms with van der Waals surface area (Å²) in [6, 6.07) is 1.71. The van der Waals surface area contributed by atoms with Crippen LogP contribution >= 0.6 is 27.3 Å². The first-order valence-electron chi connectivity index (χ1n) is 4.00. The molecule has 0 saturated heterocycles. The number of rotatable bonds is 2. The van der Waals surface area contributed by atoms with Crippen molar-refractivity contribution in [2.24, 2.45) is 5.73 Å². The normalized spacial score (nSPS) is 13.1. The quantitative estimate of drug-likeness (QED) is 0.914. The molecule has 0 amide bonds. The van der Waals surface area contributed by atoms with Gasteiger partial charge in [-0.1, -0.05) is 0 Å². The molecule has 0 aliphatic carbocycles. The molecule has 2 rings (SSSR count). The summed E-state index contributed by atoms with van der Waals surface area (Å²) < 4.78 is 6.42. The highest BCUT2D eigenvalue weighted by atomic mass is 79.9. The zero-order chi connectivity index (χ0) is 10.1. The fourth-order valence-corrected chi connectivity index (χ4v) is 2.09. The Hall–Kier alpha value is -0.720. The molecule has 0 aliphatic heterocycles. The third kappa shape index (κ3) is 1.87. The largest absolute Gasteiger partial charge is 0.419 e. The molecule has 1 unspecified atom stereocenters. The van der Waals surface area contributed by atoms with Crippen molar-refractivity contribution in [2.75, 3.05) is 0 Å². The second-order valence-electron chi connectivity index (χ2n) is 2.87. The van der Waals surface area contributed by atoms with Crippen LogP contribution in [0.15, 0.2) is 19.6 Å². The predicted octanol–water partition coefficient (Wildman–Crippen LogP) is 2.58. The molecule has 6 heteroatoms. The molecule has 2 N–H and O–H groups in total. The molecule has 0 fully saturated rings. The van der Waals surface area contributed by atoms with E-state index in [0.29, 0.717) is 11.8 Å². The van der Waals surface area contributed by atoms with Crippen molar-refractivity contribution in [2.45, 2.75) is 13.0 Å². The molecule has 0 bridgehead atoms. The minimum Gasteiger partial charge on any atom is -0.419 e. The number of nitrogens with zero attached hydrogens (tertiary/aromatic N) is 2. The zero-order valence-corrected chi connectivity index (χ0v) is 9.80. The first kappa shape index (κ1) is 9.82. The highest BCUT2D eigenvalue weighted by Gasteiger charge is 2.12. The lowest BCUT2D eigenvalue weighted by atomic mass is 10.3. The maximum absolute atomic E-state index is 5.61. The van der Waals surface area contributed by atoms with E-state index in [9.17, 15) is 0 Å². The van der Waals surface area contributed by atoms with Crippen molar-refractivity contribution >= 4 is 27.3 Å². The van der Waals surface area contributed by atoms with E-state index in [1.165, 1.54) is 0 Å². The molecule has 2 aromatic heterocycles. The van der Waals surface area contributed by atoms with Gasteiger partial charge < -0.3 is 10.2 Å². The number of hydrogen-bond acceptors (Lipinski definition) is 5. The summed E-state index contributed by atoms with van der Waals surface area (Å²) in [5.41, 5.74) is 6.53. The van der Waals surface area contributed by atoms with Gasteiger partial charge in [0.05, 0.1) is 15.4 Å². The molecular formula is C8H8BrN3OS. The Labute approximate surface area is 93.3 Å². The number of halogens is 1. The number of hydrogen-bond donors (Lipinski definition) is 1. The standard InChI is InChI=1S/C8H8BrN3OS/c1-4(10)7-11-12-8(13-7)5-2-6(9)14-3-5/h2-4H,10H2,1H3. The van der Waals surface area contributed by atoms with E-state index in [4.69, 9.17) is 10.2 Å². The topological polar surface area (TPSA) is 64.9 Å². The lowest BCUT2D eigenvalue weighted by Gasteiger charge is -1.94. The summed E-state index contributed by atoms with van der Waals surface area (Å²) in [5.74, 6) is 0.974. The maximum atomic E-state index is 5.61. The monoisotopic (exact) mass is 273 g/mol. The molecular weight excluding hydrogens is 266 g/mol. The van der Waals surface area contributed by atoms with Crippen LogP contribution in [-0.2, 0) is 0 Å². The van der Waals surface area contributed by atoms with Gasteiger partial charge >= 0.3 is 0 Å². The summed E-state index contributed by atoms with van der Waals surface area (Å²) in [5, 5.41) is 9.71. The summed E-state index contributed by atoms with van der Waals surface area (Å²) in [7, 11) is 0. The van der Waals surface area contributed by atoms with Gasteiger partial charge in [0.2, 0.25) is 11.8 Å². The van der Waals surface area contributed by atoms with Crippen molar-refractivity contribution in [3.8, 4) is 11.5 Å². The fourth-order valence-electron chi connectivity index (χ4n) is 0.957. The Morgan fingerprint density at radius 3 is 2.86 bits per heavy atom. The molecule has 0 aliphatic rings. The second kappa shape index (κ2) is 3.80. The lowest BCUT2D eigenvalue weighted by Crippen LogP contribution is -2.04. The van der Waals surface area contributed by atoms with Crippen LogP contribution < -0.4 is 5.73 Å². The third-order valence-electron chi connectivity index (χ3n) is 1.64. The first-order chi connectivity index (χ1) is 6.66. The van der Waals surface area contributed by atoms with E-state index >= 15 is 0 Å². The summed E-state index contributed by atoms with van der Waals surface area (Å²) >= 11 is 4.94. The predicted molar refractivity (Wildman–Crippen MR) is 57.9 cm³/mol. The molecule has 2 aromatic rings. The van der Waals surface area contributed by atoms with Crippen LogP contribution in [0.3, 0.4) is 0 Å². The van der Waals surface area contributed by atoms with Gasteiger partial charge in [-0.05, 0) is 28.9 Å². The Kier molecular flexibility index (Phi) is 2.66. The molecule has 14 heavy (non-hydrogen) atoms. The molecule has 1 atom stereocenters. The van der Waals surface area contributed by atoms with Crippen LogP contribution in [-0.4, -0.2) is 10.2 Å². The average Bonchev–Trinajstić information content (AvgIpc) is 2.70. The molecule has 0 spiro atoms. The van der Waals surface area contributed by atoms with Gasteiger partial charge in [-0.2, -0.15) is 0 Å². The van der Waals surface area contributed by atoms with E-state index in [2.05, 4.69) is 26.1 Å². The smallest absolute Gasteiger partial charge is 0.248 e. The van der Waals surface area contributed by atoms with E-state index in [1.54, 1.807) is 18.3 Å². The fraction of sp³-hybridized carbons (Fsp3) is 0.250. The van der Waals surface area contributed by atoms with Crippen LogP contribution in [0.1, 0.15) is 18.9 Å². The number of nitrogens with two attached hydrogens (primary N) is 1. The minimum absolute atomic E-state index is 0.224. The number of thiophene rings is 1. The Balaban J connectivity index is 2.33. The van der Waals surface area contributed by atoms with Crippen molar-refractivity contribution in [3.63, 3.8) is 0 Å². The zero-order valence-electron chi connectivity index (χ0n) is 7.40. The van der Waals surface area contributed by atoms with E-state index < -0.39 is 0 Å². The lowest BCUT2D eigenvalue weighted by molar-refractivity contribution is 0.473. The van der Waals surface area contributed by atoms with Crippen molar-refractivity contribution in [1.82, 2.24) is 10.2 Å². The summed E-state index contributed by atoms with van der Waals surface area (Å²) in [6.07, 6.45) is 0. The van der Waals surface area contributed by atoms with Crippen molar-refractivity contribution in [3.05, 3.63) is 21.1 Å². The molecule has 4 nitrogen and oxygen atoms in total. The molecule has 0 radical (unpaired) electrons. The van der Waals surface area contributed by atoms with Crippen molar-refractivity contribution in [1.29, 1.82) is 0 Å². The molecule has 0 aromatic carbocycles. The molecule has 0 saturated carbocycles. The van der Waals surface area contributed by atoms with Crippen LogP contribution in [0.2, 0.25) is 0 Å². The Morgan fingerprint density at radius 2 is 2.36 bits per heavy atom. The van der Waals surface area contributed by atoms with E-state index in [0.717, 1.165) is 9.35 Å². The van der Waals surface area contributed by atoms with Crippen LogP contribution in [0.4, 0.5) is 0 Å². The maximum Gasteiger partial charge on any atom is 0.248 e. The van der Waals surface area contributed by atoms with Crippen LogP contribution in [0.5, 0.6) is 0 Å². The first-order valence-corrected chi connectivity index (χ1v) is 5.67. The van der Waals surface area contributed by atoms with Gasteiger partial charge in [-0.15, -0.1) is 21.5 Å². The van der Waals surface area contributed by atoms with E-state index in [1.807, 2.05) is 11.4 Å². The third-order valence-corrected chi connectivity index (χ3v) is 3.15. The van der Waals surface area contributed by atoms with Gasteiger partial charge in [0.15, 0.2) is 0 Å². The Bertz CT molecular complexity index is 437. The van der Waals surface area contributed by atoms with Gasteiger partial charge in [0.1, 0.15) is 0 Å². The van der Waals surface area contributed by atoms with Gasteiger partial charge in [0, 0.05) is 5.38 Å².